The third-order valence-corrected chi connectivity index (χ3v) is 6.03. The summed E-state index contributed by atoms with van der Waals surface area (Å²) >= 11 is 0. The van der Waals surface area contributed by atoms with E-state index in [0.717, 1.165) is 47.5 Å². The molecule has 5 nitrogen and oxygen atoms in total. The van der Waals surface area contributed by atoms with Crippen LogP contribution in [0, 0.1) is 5.41 Å². The second-order valence-corrected chi connectivity index (χ2v) is 8.03. The van der Waals surface area contributed by atoms with Crippen LogP contribution >= 0.6 is 0 Å². The lowest BCUT2D eigenvalue weighted by Gasteiger charge is -2.26. The van der Waals surface area contributed by atoms with Crippen LogP contribution < -0.4 is 10.5 Å². The lowest BCUT2D eigenvalue weighted by Crippen LogP contribution is -2.41. The molecule has 4 rings (SSSR count). The topological polar surface area (TPSA) is 68.4 Å². The molecule has 1 amide bonds. The summed E-state index contributed by atoms with van der Waals surface area (Å²) in [6.45, 7) is 2.24. The largest absolute Gasteiger partial charge is 0.496 e. The smallest absolute Gasteiger partial charge is 0.225 e. The van der Waals surface area contributed by atoms with Crippen LogP contribution in [0.4, 0.5) is 0 Å². The number of likely N-dealkylation sites (tertiary alicyclic amines) is 1. The number of ether oxygens (including phenoxy) is 1. The standard InChI is InChI=1S/C25H27N3O2/c1-30-23-8-3-2-6-22(23)17-28-14-11-25(18-28,24(26)29)16-19-5-4-7-21(15-19)20-9-12-27-13-10-20/h2-10,12-13,15H,11,14,16-18H2,1H3,(H2,26,29)/t25-/m1/s1. The maximum atomic E-state index is 12.6. The minimum absolute atomic E-state index is 0.223. The fourth-order valence-electron chi connectivity index (χ4n) is 4.40. The maximum absolute atomic E-state index is 12.6. The van der Waals surface area contributed by atoms with Crippen LogP contribution in [-0.4, -0.2) is 36.0 Å². The third-order valence-electron chi connectivity index (χ3n) is 6.03. The SMILES string of the molecule is COc1ccccc1CN1CC[C@](Cc2cccc(-c3ccncc3)c2)(C(N)=O)C1. The summed E-state index contributed by atoms with van der Waals surface area (Å²) in [5.41, 5.74) is 9.88. The normalized spacial score (nSPS) is 19.0. The molecule has 0 spiro atoms. The molecular weight excluding hydrogens is 374 g/mol. The molecular formula is C25H27N3O2. The molecule has 2 aromatic carbocycles. The van der Waals surface area contributed by atoms with Crippen molar-refractivity contribution in [1.82, 2.24) is 9.88 Å². The van der Waals surface area contributed by atoms with Crippen molar-refractivity contribution in [2.75, 3.05) is 20.2 Å². The van der Waals surface area contributed by atoms with Crippen molar-refractivity contribution < 1.29 is 9.53 Å². The molecule has 0 saturated carbocycles. The van der Waals surface area contributed by atoms with Gasteiger partial charge in [-0.3, -0.25) is 14.7 Å². The lowest BCUT2D eigenvalue weighted by atomic mass is 9.79. The number of carbonyl (C=O) groups excluding carboxylic acids is 1. The number of pyridine rings is 1. The van der Waals surface area contributed by atoms with Crippen molar-refractivity contribution in [2.24, 2.45) is 11.1 Å². The molecule has 1 aliphatic heterocycles. The van der Waals surface area contributed by atoms with Gasteiger partial charge in [-0.25, -0.2) is 0 Å². The van der Waals surface area contributed by atoms with Gasteiger partial charge in [0.1, 0.15) is 5.75 Å². The average molecular weight is 402 g/mol. The quantitative estimate of drug-likeness (QED) is 0.656. The van der Waals surface area contributed by atoms with Gasteiger partial charge >= 0.3 is 0 Å². The highest BCUT2D eigenvalue weighted by Gasteiger charge is 2.43. The Morgan fingerprint density at radius 2 is 1.90 bits per heavy atom. The molecule has 30 heavy (non-hydrogen) atoms. The molecule has 1 aliphatic rings. The molecule has 0 aliphatic carbocycles. The van der Waals surface area contributed by atoms with E-state index in [0.29, 0.717) is 13.0 Å². The van der Waals surface area contributed by atoms with Gasteiger partial charge in [-0.1, -0.05) is 42.5 Å². The van der Waals surface area contributed by atoms with Gasteiger partial charge in [0.25, 0.3) is 0 Å². The number of para-hydroxylation sites is 1. The predicted molar refractivity (Wildman–Crippen MR) is 118 cm³/mol. The molecule has 3 aromatic rings. The Kier molecular flexibility index (Phi) is 5.81. The zero-order valence-electron chi connectivity index (χ0n) is 17.3. The number of carbonyl (C=O) groups is 1. The summed E-state index contributed by atoms with van der Waals surface area (Å²) in [7, 11) is 1.69. The number of aromatic nitrogens is 1. The second-order valence-electron chi connectivity index (χ2n) is 8.03. The van der Waals surface area contributed by atoms with Crippen molar-refractivity contribution in [2.45, 2.75) is 19.4 Å². The van der Waals surface area contributed by atoms with E-state index < -0.39 is 5.41 Å². The number of nitrogens with two attached hydrogens (primary N) is 1. The van der Waals surface area contributed by atoms with Crippen LogP contribution in [0.5, 0.6) is 5.75 Å². The highest BCUT2D eigenvalue weighted by Crippen LogP contribution is 2.36. The Morgan fingerprint density at radius 3 is 2.67 bits per heavy atom. The summed E-state index contributed by atoms with van der Waals surface area (Å²) in [4.78, 5) is 19.0. The monoisotopic (exact) mass is 401 g/mol. The van der Waals surface area contributed by atoms with E-state index in [1.165, 1.54) is 0 Å². The summed E-state index contributed by atoms with van der Waals surface area (Å²) < 4.78 is 5.48. The zero-order chi connectivity index (χ0) is 21.0. The van der Waals surface area contributed by atoms with Crippen molar-refractivity contribution in [3.63, 3.8) is 0 Å². The summed E-state index contributed by atoms with van der Waals surface area (Å²) in [6, 6.07) is 20.4. The molecule has 1 fully saturated rings. The number of nitrogens with zero attached hydrogens (tertiary/aromatic N) is 2. The predicted octanol–water partition coefficient (Wildman–Crippen LogP) is 3.68. The van der Waals surface area contributed by atoms with Crippen LogP contribution in [0.3, 0.4) is 0 Å². The minimum atomic E-state index is -0.557. The number of amides is 1. The highest BCUT2D eigenvalue weighted by molar-refractivity contribution is 5.82. The number of hydrogen-bond donors (Lipinski definition) is 1. The maximum Gasteiger partial charge on any atom is 0.225 e. The molecule has 0 bridgehead atoms. The van der Waals surface area contributed by atoms with Crippen molar-refractivity contribution in [3.8, 4) is 16.9 Å². The van der Waals surface area contributed by atoms with Gasteiger partial charge in [0.2, 0.25) is 5.91 Å². The van der Waals surface area contributed by atoms with Gasteiger partial charge in [-0.15, -0.1) is 0 Å². The lowest BCUT2D eigenvalue weighted by molar-refractivity contribution is -0.127. The molecule has 1 atom stereocenters. The number of rotatable bonds is 7. The Bertz CT molecular complexity index is 1020. The van der Waals surface area contributed by atoms with Crippen molar-refractivity contribution in [1.29, 1.82) is 0 Å². The first-order valence-corrected chi connectivity index (χ1v) is 10.2. The van der Waals surface area contributed by atoms with Crippen LogP contribution in [0.25, 0.3) is 11.1 Å². The third kappa shape index (κ3) is 4.21. The Hall–Kier alpha value is -3.18. The molecule has 2 N–H and O–H groups in total. The summed E-state index contributed by atoms with van der Waals surface area (Å²) in [5.74, 6) is 0.651. The first-order valence-electron chi connectivity index (χ1n) is 10.2. The summed E-state index contributed by atoms with van der Waals surface area (Å²) in [6.07, 6.45) is 4.99. The Balaban J connectivity index is 1.53. The van der Waals surface area contributed by atoms with Crippen molar-refractivity contribution in [3.05, 3.63) is 84.2 Å². The van der Waals surface area contributed by atoms with E-state index in [1.807, 2.05) is 36.4 Å². The van der Waals surface area contributed by atoms with Gasteiger partial charge in [0.05, 0.1) is 12.5 Å². The summed E-state index contributed by atoms with van der Waals surface area (Å²) in [5, 5.41) is 0. The number of primary amides is 1. The molecule has 2 heterocycles. The highest BCUT2D eigenvalue weighted by atomic mass is 16.5. The minimum Gasteiger partial charge on any atom is -0.496 e. The van der Waals surface area contributed by atoms with Crippen LogP contribution in [0.1, 0.15) is 17.5 Å². The van der Waals surface area contributed by atoms with Crippen LogP contribution in [0.2, 0.25) is 0 Å². The van der Waals surface area contributed by atoms with E-state index in [1.54, 1.807) is 19.5 Å². The average Bonchev–Trinajstić information content (AvgIpc) is 3.19. The van der Waals surface area contributed by atoms with E-state index in [4.69, 9.17) is 10.5 Å². The van der Waals surface area contributed by atoms with E-state index >= 15 is 0 Å². The van der Waals surface area contributed by atoms with Gasteiger partial charge in [0.15, 0.2) is 0 Å². The van der Waals surface area contributed by atoms with Gasteiger partial charge in [-0.2, -0.15) is 0 Å². The van der Waals surface area contributed by atoms with E-state index in [2.05, 4.69) is 34.1 Å². The number of methoxy groups -OCH3 is 1. The van der Waals surface area contributed by atoms with Gasteiger partial charge in [0, 0.05) is 31.0 Å². The molecule has 5 heteroatoms. The second kappa shape index (κ2) is 8.67. The fourth-order valence-corrected chi connectivity index (χ4v) is 4.40. The van der Waals surface area contributed by atoms with E-state index in [-0.39, 0.29) is 5.91 Å². The van der Waals surface area contributed by atoms with Crippen LogP contribution in [0.15, 0.2) is 73.1 Å². The fraction of sp³-hybridized carbons (Fsp3) is 0.280. The van der Waals surface area contributed by atoms with Crippen LogP contribution in [-0.2, 0) is 17.8 Å². The molecule has 0 unspecified atom stereocenters. The Morgan fingerprint density at radius 1 is 1.10 bits per heavy atom. The van der Waals surface area contributed by atoms with Gasteiger partial charge in [-0.05, 0) is 54.3 Å². The zero-order valence-corrected chi connectivity index (χ0v) is 17.3. The van der Waals surface area contributed by atoms with E-state index in [9.17, 15) is 4.79 Å². The first-order chi connectivity index (χ1) is 14.6. The van der Waals surface area contributed by atoms with Crippen molar-refractivity contribution >= 4 is 5.91 Å². The molecule has 1 saturated heterocycles. The molecule has 0 radical (unpaired) electrons. The number of benzene rings is 2. The Labute approximate surface area is 177 Å². The molecule has 1 aromatic heterocycles. The molecule has 154 valence electrons. The number of hydrogen-bond acceptors (Lipinski definition) is 4. The first kappa shape index (κ1) is 20.1. The van der Waals surface area contributed by atoms with Gasteiger partial charge < -0.3 is 10.5 Å².